The lowest BCUT2D eigenvalue weighted by Gasteiger charge is -2.16. The van der Waals surface area contributed by atoms with Crippen molar-refractivity contribution in [1.82, 2.24) is 24.5 Å². The predicted molar refractivity (Wildman–Crippen MR) is 86.6 cm³/mol. The maximum Gasteiger partial charge on any atom is 0.222 e. The highest BCUT2D eigenvalue weighted by Gasteiger charge is 2.39. The number of nitrogens with two attached hydrogens (primary N) is 1. The topological polar surface area (TPSA) is 82.0 Å². The molecule has 124 valence electrons. The Morgan fingerprint density at radius 2 is 2.04 bits per heavy atom. The number of primary amides is 1. The van der Waals surface area contributed by atoms with E-state index in [0.29, 0.717) is 6.54 Å². The Morgan fingerprint density at radius 1 is 1.30 bits per heavy atom. The maximum absolute atomic E-state index is 11.9. The molecule has 7 nitrogen and oxygen atoms in total. The summed E-state index contributed by atoms with van der Waals surface area (Å²) in [6, 6.07) is 2.09. The minimum absolute atomic E-state index is 0.107. The number of aryl methyl sites for hydroxylation is 3. The highest BCUT2D eigenvalue weighted by molar-refractivity contribution is 5.78. The van der Waals surface area contributed by atoms with Crippen LogP contribution in [0.4, 0.5) is 0 Å². The van der Waals surface area contributed by atoms with Gasteiger partial charge in [0.05, 0.1) is 23.5 Å². The highest BCUT2D eigenvalue weighted by Crippen LogP contribution is 2.34. The third-order valence-electron chi connectivity index (χ3n) is 4.92. The number of carbonyl (C=O) groups is 1. The van der Waals surface area contributed by atoms with Gasteiger partial charge in [-0.25, -0.2) is 0 Å². The lowest BCUT2D eigenvalue weighted by Crippen LogP contribution is -2.29. The van der Waals surface area contributed by atoms with E-state index in [1.54, 1.807) is 0 Å². The van der Waals surface area contributed by atoms with Crippen molar-refractivity contribution >= 4 is 5.91 Å². The highest BCUT2D eigenvalue weighted by atomic mass is 16.1. The Kier molecular flexibility index (Phi) is 3.97. The lowest BCUT2D eigenvalue weighted by atomic mass is 9.89. The van der Waals surface area contributed by atoms with Gasteiger partial charge in [0.1, 0.15) is 0 Å². The van der Waals surface area contributed by atoms with Crippen molar-refractivity contribution in [1.29, 1.82) is 0 Å². The molecular weight excluding hydrogens is 292 g/mol. The molecule has 3 heterocycles. The summed E-state index contributed by atoms with van der Waals surface area (Å²) >= 11 is 0. The van der Waals surface area contributed by atoms with E-state index in [4.69, 9.17) is 5.73 Å². The first-order valence-corrected chi connectivity index (χ1v) is 7.86. The van der Waals surface area contributed by atoms with Crippen LogP contribution in [0.25, 0.3) is 0 Å². The number of hydrogen-bond donors (Lipinski definition) is 1. The van der Waals surface area contributed by atoms with Crippen molar-refractivity contribution < 1.29 is 4.79 Å². The van der Waals surface area contributed by atoms with Crippen LogP contribution in [0.1, 0.15) is 28.6 Å². The Morgan fingerprint density at radius 3 is 2.57 bits per heavy atom. The number of carbonyl (C=O) groups excluding carboxylic acids is 1. The van der Waals surface area contributed by atoms with Gasteiger partial charge >= 0.3 is 0 Å². The molecule has 1 amide bonds. The molecule has 2 atom stereocenters. The molecule has 1 aliphatic heterocycles. The molecule has 0 bridgehead atoms. The Labute approximate surface area is 136 Å². The van der Waals surface area contributed by atoms with E-state index < -0.39 is 0 Å². The first kappa shape index (κ1) is 15.7. The molecule has 0 saturated carbocycles. The van der Waals surface area contributed by atoms with Gasteiger partial charge in [-0.3, -0.25) is 19.1 Å². The van der Waals surface area contributed by atoms with Crippen LogP contribution in [0.3, 0.4) is 0 Å². The molecule has 1 saturated heterocycles. The SMILES string of the molecule is Cc1cc(CN2C[C@H](C(N)=O)[C@@H](c3cnn(C)c3C)C2)n(C)n1. The normalized spacial score (nSPS) is 21.9. The van der Waals surface area contributed by atoms with Crippen LogP contribution >= 0.6 is 0 Å². The fraction of sp³-hybridized carbons (Fsp3) is 0.562. The van der Waals surface area contributed by atoms with E-state index in [0.717, 1.165) is 35.7 Å². The van der Waals surface area contributed by atoms with Gasteiger partial charge in [0.25, 0.3) is 0 Å². The Hall–Kier alpha value is -2.15. The molecule has 1 fully saturated rings. The minimum atomic E-state index is -0.234. The van der Waals surface area contributed by atoms with E-state index >= 15 is 0 Å². The van der Waals surface area contributed by atoms with Crippen LogP contribution in [-0.2, 0) is 25.4 Å². The van der Waals surface area contributed by atoms with Gasteiger partial charge in [-0.05, 0) is 25.5 Å². The number of likely N-dealkylation sites (tertiary alicyclic amines) is 1. The summed E-state index contributed by atoms with van der Waals surface area (Å²) in [4.78, 5) is 14.2. The maximum atomic E-state index is 11.9. The molecule has 3 rings (SSSR count). The first-order chi connectivity index (χ1) is 10.9. The number of aromatic nitrogens is 4. The summed E-state index contributed by atoms with van der Waals surface area (Å²) < 4.78 is 3.75. The third kappa shape index (κ3) is 2.88. The summed E-state index contributed by atoms with van der Waals surface area (Å²) in [7, 11) is 3.87. The van der Waals surface area contributed by atoms with E-state index in [-0.39, 0.29) is 17.7 Å². The van der Waals surface area contributed by atoms with Crippen molar-refractivity contribution in [2.75, 3.05) is 13.1 Å². The lowest BCUT2D eigenvalue weighted by molar-refractivity contribution is -0.121. The van der Waals surface area contributed by atoms with Crippen LogP contribution in [0.5, 0.6) is 0 Å². The van der Waals surface area contributed by atoms with E-state index in [1.807, 2.05) is 43.5 Å². The molecule has 0 radical (unpaired) electrons. The summed E-state index contributed by atoms with van der Waals surface area (Å²) in [5, 5.41) is 8.70. The molecule has 7 heteroatoms. The average molecular weight is 316 g/mol. The van der Waals surface area contributed by atoms with Crippen molar-refractivity contribution in [3.05, 3.63) is 34.9 Å². The Balaban J connectivity index is 1.82. The average Bonchev–Trinajstić information content (AvgIpc) is 3.11. The van der Waals surface area contributed by atoms with E-state index in [1.165, 1.54) is 0 Å². The second kappa shape index (κ2) is 5.81. The van der Waals surface area contributed by atoms with Gasteiger partial charge in [0, 0.05) is 45.3 Å². The molecular formula is C16H24N6O. The van der Waals surface area contributed by atoms with Crippen LogP contribution in [0.15, 0.2) is 12.3 Å². The van der Waals surface area contributed by atoms with Gasteiger partial charge in [-0.15, -0.1) is 0 Å². The zero-order chi connectivity index (χ0) is 16.7. The van der Waals surface area contributed by atoms with Crippen molar-refractivity contribution in [3.8, 4) is 0 Å². The van der Waals surface area contributed by atoms with Crippen LogP contribution in [0, 0.1) is 19.8 Å². The zero-order valence-corrected chi connectivity index (χ0v) is 14.2. The van der Waals surface area contributed by atoms with Crippen molar-refractivity contribution in [3.63, 3.8) is 0 Å². The van der Waals surface area contributed by atoms with Gasteiger partial charge < -0.3 is 5.73 Å². The molecule has 0 unspecified atom stereocenters. The zero-order valence-electron chi connectivity index (χ0n) is 14.2. The predicted octanol–water partition coefficient (Wildman–Crippen LogP) is 0.471. The second-order valence-electron chi connectivity index (χ2n) is 6.52. The fourth-order valence-electron chi connectivity index (χ4n) is 3.54. The van der Waals surface area contributed by atoms with Gasteiger partial charge in [-0.1, -0.05) is 0 Å². The summed E-state index contributed by atoms with van der Waals surface area (Å²) in [6.07, 6.45) is 1.87. The van der Waals surface area contributed by atoms with E-state index in [9.17, 15) is 4.79 Å². The Bertz CT molecular complexity index is 731. The molecule has 0 aromatic carbocycles. The van der Waals surface area contributed by atoms with Crippen LogP contribution < -0.4 is 5.73 Å². The van der Waals surface area contributed by atoms with Crippen LogP contribution in [0.2, 0.25) is 0 Å². The standard InChI is InChI=1S/C16H24N6O/c1-10-5-12(21(4)19-10)7-22-8-14(15(9-22)16(17)23)13-6-18-20(3)11(13)2/h5-6,14-15H,7-9H2,1-4H3,(H2,17,23)/t14-,15+/m1/s1. The van der Waals surface area contributed by atoms with Crippen molar-refractivity contribution in [2.24, 2.45) is 25.7 Å². The van der Waals surface area contributed by atoms with E-state index in [2.05, 4.69) is 21.2 Å². The molecule has 23 heavy (non-hydrogen) atoms. The third-order valence-corrected chi connectivity index (χ3v) is 4.92. The van der Waals surface area contributed by atoms with Gasteiger partial charge in [0.15, 0.2) is 0 Å². The summed E-state index contributed by atoms with van der Waals surface area (Å²) in [5.74, 6) is -0.301. The largest absolute Gasteiger partial charge is 0.369 e. The molecule has 2 aromatic rings. The number of amides is 1. The number of nitrogens with zero attached hydrogens (tertiary/aromatic N) is 5. The molecule has 2 N–H and O–H groups in total. The summed E-state index contributed by atoms with van der Waals surface area (Å²) in [5.41, 5.74) is 10.0. The number of hydrogen-bond acceptors (Lipinski definition) is 4. The minimum Gasteiger partial charge on any atom is -0.369 e. The van der Waals surface area contributed by atoms with Crippen LogP contribution in [-0.4, -0.2) is 43.5 Å². The molecule has 2 aromatic heterocycles. The van der Waals surface area contributed by atoms with Gasteiger partial charge in [-0.2, -0.15) is 10.2 Å². The fourth-order valence-corrected chi connectivity index (χ4v) is 3.54. The smallest absolute Gasteiger partial charge is 0.222 e. The monoisotopic (exact) mass is 316 g/mol. The first-order valence-electron chi connectivity index (χ1n) is 7.86. The second-order valence-corrected chi connectivity index (χ2v) is 6.52. The molecule has 0 aliphatic carbocycles. The quantitative estimate of drug-likeness (QED) is 0.889. The number of rotatable bonds is 4. The summed E-state index contributed by atoms with van der Waals surface area (Å²) in [6.45, 7) is 6.29. The van der Waals surface area contributed by atoms with Crippen molar-refractivity contribution in [2.45, 2.75) is 26.3 Å². The molecule has 0 spiro atoms. The molecule has 1 aliphatic rings. The van der Waals surface area contributed by atoms with Gasteiger partial charge in [0.2, 0.25) is 5.91 Å².